The number of hydrogen-bond acceptors (Lipinski definition) is 3. The molecule has 0 aromatic carbocycles. The summed E-state index contributed by atoms with van der Waals surface area (Å²) in [5, 5.41) is 0. The minimum absolute atomic E-state index is 0.539. The minimum Gasteiger partial charge on any atom is -0.363 e. The van der Waals surface area contributed by atoms with Gasteiger partial charge in [0, 0.05) is 24.8 Å². The van der Waals surface area contributed by atoms with E-state index in [9.17, 15) is 0 Å². The molecule has 2 aliphatic rings. The summed E-state index contributed by atoms with van der Waals surface area (Å²) >= 11 is 0. The van der Waals surface area contributed by atoms with Crippen LogP contribution in [0.4, 0.5) is 5.69 Å². The summed E-state index contributed by atoms with van der Waals surface area (Å²) < 4.78 is 0. The van der Waals surface area contributed by atoms with E-state index >= 15 is 0 Å². The molecule has 0 amide bonds. The third-order valence-electron chi connectivity index (χ3n) is 3.64. The van der Waals surface area contributed by atoms with Gasteiger partial charge in [-0.1, -0.05) is 0 Å². The lowest BCUT2D eigenvalue weighted by atomic mass is 10.1. The topological polar surface area (TPSA) is 42.2 Å². The van der Waals surface area contributed by atoms with E-state index in [0.29, 0.717) is 6.04 Å². The fourth-order valence-corrected chi connectivity index (χ4v) is 2.85. The van der Waals surface area contributed by atoms with Crippen LogP contribution in [0.15, 0.2) is 18.5 Å². The average molecular weight is 203 g/mol. The maximum Gasteiger partial charge on any atom is 0.0560 e. The van der Waals surface area contributed by atoms with E-state index in [2.05, 4.69) is 22.9 Å². The molecule has 80 valence electrons. The van der Waals surface area contributed by atoms with Crippen LogP contribution in [0.3, 0.4) is 0 Å². The van der Waals surface area contributed by atoms with Gasteiger partial charge in [0.05, 0.1) is 11.9 Å². The summed E-state index contributed by atoms with van der Waals surface area (Å²) in [5.74, 6) is 0.902. The van der Waals surface area contributed by atoms with Crippen molar-refractivity contribution in [3.05, 3.63) is 24.0 Å². The molecular formula is C12H17N3. The van der Waals surface area contributed by atoms with Crippen LogP contribution in [-0.4, -0.2) is 23.6 Å². The Morgan fingerprint density at radius 2 is 2.33 bits per heavy atom. The highest BCUT2D eigenvalue weighted by Gasteiger charge is 2.51. The van der Waals surface area contributed by atoms with E-state index in [0.717, 1.165) is 18.5 Å². The van der Waals surface area contributed by atoms with Crippen molar-refractivity contribution >= 4 is 5.69 Å². The summed E-state index contributed by atoms with van der Waals surface area (Å²) in [6.45, 7) is 2.86. The lowest BCUT2D eigenvalue weighted by Gasteiger charge is -2.28. The molecular weight excluding hydrogens is 186 g/mol. The second-order valence-electron chi connectivity index (χ2n) is 4.82. The predicted octanol–water partition coefficient (Wildman–Crippen LogP) is 1.32. The summed E-state index contributed by atoms with van der Waals surface area (Å²) in [5.41, 5.74) is 8.31. The van der Waals surface area contributed by atoms with Crippen LogP contribution >= 0.6 is 0 Å². The molecule has 0 bridgehead atoms. The SMILES string of the molecule is Cc1cncc(N2C(CN)CC3CC32)c1. The molecule has 1 aliphatic carbocycles. The number of pyridine rings is 1. The third-order valence-corrected chi connectivity index (χ3v) is 3.64. The van der Waals surface area contributed by atoms with E-state index in [4.69, 9.17) is 5.73 Å². The molecule has 1 aromatic heterocycles. The quantitative estimate of drug-likeness (QED) is 0.788. The summed E-state index contributed by atoms with van der Waals surface area (Å²) in [6.07, 6.45) is 6.50. The van der Waals surface area contributed by atoms with Crippen molar-refractivity contribution in [1.29, 1.82) is 0 Å². The van der Waals surface area contributed by atoms with Crippen molar-refractivity contribution in [1.82, 2.24) is 4.98 Å². The van der Waals surface area contributed by atoms with Gasteiger partial charge in [0.1, 0.15) is 0 Å². The van der Waals surface area contributed by atoms with Gasteiger partial charge in [-0.15, -0.1) is 0 Å². The Morgan fingerprint density at radius 3 is 3.07 bits per heavy atom. The van der Waals surface area contributed by atoms with Crippen molar-refractivity contribution in [2.75, 3.05) is 11.4 Å². The number of nitrogens with two attached hydrogens (primary N) is 1. The maximum atomic E-state index is 5.82. The molecule has 1 aromatic rings. The van der Waals surface area contributed by atoms with Crippen LogP contribution < -0.4 is 10.6 Å². The van der Waals surface area contributed by atoms with E-state index < -0.39 is 0 Å². The molecule has 1 saturated heterocycles. The molecule has 3 unspecified atom stereocenters. The van der Waals surface area contributed by atoms with Gasteiger partial charge in [0.2, 0.25) is 0 Å². The number of aromatic nitrogens is 1. The summed E-state index contributed by atoms with van der Waals surface area (Å²) in [4.78, 5) is 6.76. The van der Waals surface area contributed by atoms with Crippen LogP contribution in [0.5, 0.6) is 0 Å². The van der Waals surface area contributed by atoms with Crippen LogP contribution in [-0.2, 0) is 0 Å². The molecule has 0 spiro atoms. The van der Waals surface area contributed by atoms with Crippen molar-refractivity contribution in [3.8, 4) is 0 Å². The molecule has 1 saturated carbocycles. The monoisotopic (exact) mass is 203 g/mol. The molecule has 3 heteroatoms. The molecule has 3 rings (SSSR count). The van der Waals surface area contributed by atoms with E-state index in [1.807, 2.05) is 12.4 Å². The first kappa shape index (κ1) is 9.16. The lowest BCUT2D eigenvalue weighted by Crippen LogP contribution is -2.38. The molecule has 3 nitrogen and oxygen atoms in total. The lowest BCUT2D eigenvalue weighted by molar-refractivity contribution is 0.606. The molecule has 2 heterocycles. The number of hydrogen-bond donors (Lipinski definition) is 1. The Hall–Kier alpha value is -1.09. The maximum absolute atomic E-state index is 5.82. The van der Waals surface area contributed by atoms with Crippen molar-refractivity contribution in [3.63, 3.8) is 0 Å². The zero-order chi connectivity index (χ0) is 10.4. The second-order valence-corrected chi connectivity index (χ2v) is 4.82. The molecule has 3 atom stereocenters. The first-order valence-electron chi connectivity index (χ1n) is 5.69. The standard InChI is InChI=1S/C12H17N3/c1-8-2-11(7-14-6-8)15-10(5-13)3-9-4-12(9)15/h2,6-7,9-10,12H,3-5,13H2,1H3. The fourth-order valence-electron chi connectivity index (χ4n) is 2.85. The van der Waals surface area contributed by atoms with Gasteiger partial charge < -0.3 is 10.6 Å². The number of fused-ring (bicyclic) bond motifs is 1. The summed E-state index contributed by atoms with van der Waals surface area (Å²) in [7, 11) is 0. The highest BCUT2D eigenvalue weighted by atomic mass is 15.3. The number of rotatable bonds is 2. The van der Waals surface area contributed by atoms with Gasteiger partial charge >= 0.3 is 0 Å². The average Bonchev–Trinajstić information content (AvgIpc) is 2.89. The molecule has 1 aliphatic heterocycles. The Kier molecular flexibility index (Phi) is 1.96. The summed E-state index contributed by atoms with van der Waals surface area (Å²) in [6, 6.07) is 3.51. The van der Waals surface area contributed by atoms with Gasteiger partial charge in [-0.2, -0.15) is 0 Å². The minimum atomic E-state index is 0.539. The second kappa shape index (κ2) is 3.20. The molecule has 0 radical (unpaired) electrons. The normalized spacial score (nSPS) is 32.9. The Bertz CT molecular complexity index is 377. The van der Waals surface area contributed by atoms with Gasteiger partial charge in [-0.25, -0.2) is 0 Å². The van der Waals surface area contributed by atoms with E-state index in [-0.39, 0.29) is 0 Å². The first-order chi connectivity index (χ1) is 7.29. The van der Waals surface area contributed by atoms with E-state index in [1.54, 1.807) is 0 Å². The van der Waals surface area contributed by atoms with E-state index in [1.165, 1.54) is 24.1 Å². The Morgan fingerprint density at radius 1 is 1.47 bits per heavy atom. The van der Waals surface area contributed by atoms with Gasteiger partial charge in [-0.3, -0.25) is 4.98 Å². The number of piperidine rings is 1. The number of nitrogens with zero attached hydrogens (tertiary/aromatic N) is 2. The smallest absolute Gasteiger partial charge is 0.0560 e. The van der Waals surface area contributed by atoms with Crippen molar-refractivity contribution < 1.29 is 0 Å². The highest BCUT2D eigenvalue weighted by molar-refractivity contribution is 5.52. The highest BCUT2D eigenvalue weighted by Crippen LogP contribution is 2.49. The van der Waals surface area contributed by atoms with Crippen molar-refractivity contribution in [2.24, 2.45) is 11.7 Å². The Balaban J connectivity index is 1.92. The van der Waals surface area contributed by atoms with Gasteiger partial charge in [0.15, 0.2) is 0 Å². The number of aryl methyl sites for hydroxylation is 1. The fraction of sp³-hybridized carbons (Fsp3) is 0.583. The largest absolute Gasteiger partial charge is 0.363 e. The van der Waals surface area contributed by atoms with Gasteiger partial charge in [0.25, 0.3) is 0 Å². The van der Waals surface area contributed by atoms with Crippen LogP contribution in [0.25, 0.3) is 0 Å². The van der Waals surface area contributed by atoms with Crippen LogP contribution in [0.2, 0.25) is 0 Å². The predicted molar refractivity (Wildman–Crippen MR) is 60.8 cm³/mol. The first-order valence-corrected chi connectivity index (χ1v) is 5.69. The molecule has 2 fully saturated rings. The van der Waals surface area contributed by atoms with Crippen LogP contribution in [0, 0.1) is 12.8 Å². The Labute approximate surface area is 90.3 Å². The van der Waals surface area contributed by atoms with Crippen molar-refractivity contribution in [2.45, 2.75) is 31.8 Å². The van der Waals surface area contributed by atoms with Crippen LogP contribution in [0.1, 0.15) is 18.4 Å². The zero-order valence-electron chi connectivity index (χ0n) is 9.06. The molecule has 2 N–H and O–H groups in total. The van der Waals surface area contributed by atoms with Gasteiger partial charge in [-0.05, 0) is 37.3 Å². The number of anilines is 1. The molecule has 15 heavy (non-hydrogen) atoms. The zero-order valence-corrected chi connectivity index (χ0v) is 9.06. The third kappa shape index (κ3) is 1.42.